The molecule has 0 aromatic carbocycles. The Labute approximate surface area is 102 Å². The van der Waals surface area contributed by atoms with Gasteiger partial charge in [0.1, 0.15) is 5.54 Å². The van der Waals surface area contributed by atoms with E-state index in [2.05, 4.69) is 5.32 Å². The third-order valence-electron chi connectivity index (χ3n) is 3.28. The number of carboxylic acid groups (broad SMARTS) is 1. The SMILES string of the molecule is COCCC(C)(NCCC1CCCO1)C(=O)O. The minimum Gasteiger partial charge on any atom is -0.480 e. The fraction of sp³-hybridized carbons (Fsp3) is 0.917. The fourth-order valence-electron chi connectivity index (χ4n) is 1.96. The number of hydrogen-bond donors (Lipinski definition) is 2. The molecule has 1 heterocycles. The van der Waals surface area contributed by atoms with Gasteiger partial charge in [-0.1, -0.05) is 0 Å². The van der Waals surface area contributed by atoms with E-state index in [0.29, 0.717) is 25.7 Å². The lowest BCUT2D eigenvalue weighted by Gasteiger charge is -2.26. The first-order valence-corrected chi connectivity index (χ1v) is 6.17. The number of carbonyl (C=O) groups is 1. The number of aliphatic carboxylic acids is 1. The second kappa shape index (κ2) is 6.93. The zero-order valence-corrected chi connectivity index (χ0v) is 10.7. The number of ether oxygens (including phenoxy) is 2. The lowest BCUT2D eigenvalue weighted by atomic mass is 9.98. The first kappa shape index (κ1) is 14.4. The van der Waals surface area contributed by atoms with Crippen LogP contribution in [0.25, 0.3) is 0 Å². The molecule has 5 nitrogen and oxygen atoms in total. The van der Waals surface area contributed by atoms with Gasteiger partial charge in [0.2, 0.25) is 0 Å². The maximum atomic E-state index is 11.2. The van der Waals surface area contributed by atoms with Crippen LogP contribution in [0.1, 0.15) is 32.6 Å². The van der Waals surface area contributed by atoms with Crippen molar-refractivity contribution in [3.63, 3.8) is 0 Å². The van der Waals surface area contributed by atoms with Gasteiger partial charge in [-0.2, -0.15) is 0 Å². The second-order valence-corrected chi connectivity index (χ2v) is 4.73. The highest BCUT2D eigenvalue weighted by Gasteiger charge is 2.32. The number of hydrogen-bond acceptors (Lipinski definition) is 4. The van der Waals surface area contributed by atoms with Crippen LogP contribution >= 0.6 is 0 Å². The average molecular weight is 245 g/mol. The first-order chi connectivity index (χ1) is 8.08. The Morgan fingerprint density at radius 3 is 2.94 bits per heavy atom. The highest BCUT2D eigenvalue weighted by molar-refractivity contribution is 5.78. The molecular weight excluding hydrogens is 222 g/mol. The Morgan fingerprint density at radius 2 is 2.41 bits per heavy atom. The first-order valence-electron chi connectivity index (χ1n) is 6.17. The molecule has 2 unspecified atom stereocenters. The predicted molar refractivity (Wildman–Crippen MR) is 64.1 cm³/mol. The highest BCUT2D eigenvalue weighted by Crippen LogP contribution is 2.16. The van der Waals surface area contributed by atoms with E-state index in [0.717, 1.165) is 25.9 Å². The average Bonchev–Trinajstić information content (AvgIpc) is 2.79. The van der Waals surface area contributed by atoms with Crippen molar-refractivity contribution < 1.29 is 19.4 Å². The summed E-state index contributed by atoms with van der Waals surface area (Å²) in [4.78, 5) is 11.2. The molecule has 1 fully saturated rings. The van der Waals surface area contributed by atoms with E-state index in [9.17, 15) is 9.90 Å². The summed E-state index contributed by atoms with van der Waals surface area (Å²) in [6, 6.07) is 0. The summed E-state index contributed by atoms with van der Waals surface area (Å²) in [5, 5.41) is 12.3. The topological polar surface area (TPSA) is 67.8 Å². The van der Waals surface area contributed by atoms with Crippen LogP contribution in [0.4, 0.5) is 0 Å². The largest absolute Gasteiger partial charge is 0.480 e. The van der Waals surface area contributed by atoms with E-state index in [1.165, 1.54) is 0 Å². The van der Waals surface area contributed by atoms with Crippen molar-refractivity contribution in [1.82, 2.24) is 5.32 Å². The van der Waals surface area contributed by atoms with E-state index >= 15 is 0 Å². The third-order valence-corrected chi connectivity index (χ3v) is 3.28. The van der Waals surface area contributed by atoms with E-state index in [1.807, 2.05) is 0 Å². The summed E-state index contributed by atoms with van der Waals surface area (Å²) < 4.78 is 10.4. The molecule has 0 aromatic heterocycles. The van der Waals surface area contributed by atoms with Gasteiger partial charge < -0.3 is 19.9 Å². The number of carboxylic acids is 1. The van der Waals surface area contributed by atoms with Crippen molar-refractivity contribution in [2.75, 3.05) is 26.9 Å². The molecule has 0 radical (unpaired) electrons. The summed E-state index contributed by atoms with van der Waals surface area (Å²) in [5.74, 6) is -0.832. The van der Waals surface area contributed by atoms with Gasteiger partial charge in [0.15, 0.2) is 0 Å². The van der Waals surface area contributed by atoms with E-state index in [1.54, 1.807) is 14.0 Å². The standard InChI is InChI=1S/C12H23NO4/c1-12(11(14)15,6-9-16-2)13-7-5-10-4-3-8-17-10/h10,13H,3-9H2,1-2H3,(H,14,15). The quantitative estimate of drug-likeness (QED) is 0.668. The highest BCUT2D eigenvalue weighted by atomic mass is 16.5. The lowest BCUT2D eigenvalue weighted by molar-refractivity contribution is -0.145. The van der Waals surface area contributed by atoms with Gasteiger partial charge in [0.05, 0.1) is 6.10 Å². The van der Waals surface area contributed by atoms with Crippen molar-refractivity contribution in [1.29, 1.82) is 0 Å². The van der Waals surface area contributed by atoms with Crippen molar-refractivity contribution >= 4 is 5.97 Å². The molecule has 0 spiro atoms. The summed E-state index contributed by atoms with van der Waals surface area (Å²) in [7, 11) is 1.58. The summed E-state index contributed by atoms with van der Waals surface area (Å²) in [6.45, 7) is 3.64. The van der Waals surface area contributed by atoms with Crippen LogP contribution in [0.3, 0.4) is 0 Å². The molecule has 2 N–H and O–H groups in total. The summed E-state index contributed by atoms with van der Waals surface area (Å²) in [5.41, 5.74) is -0.908. The molecule has 0 bridgehead atoms. The van der Waals surface area contributed by atoms with Crippen LogP contribution in [-0.4, -0.2) is 49.6 Å². The van der Waals surface area contributed by atoms with Crippen LogP contribution in [0, 0.1) is 0 Å². The maximum Gasteiger partial charge on any atom is 0.323 e. The molecule has 5 heteroatoms. The Hall–Kier alpha value is -0.650. The van der Waals surface area contributed by atoms with E-state index < -0.39 is 11.5 Å². The Balaban J connectivity index is 2.30. The smallest absolute Gasteiger partial charge is 0.323 e. The minimum atomic E-state index is -0.908. The molecule has 0 amide bonds. The third kappa shape index (κ3) is 4.61. The maximum absolute atomic E-state index is 11.2. The van der Waals surface area contributed by atoms with Gasteiger partial charge in [-0.3, -0.25) is 4.79 Å². The van der Waals surface area contributed by atoms with E-state index in [-0.39, 0.29) is 0 Å². The van der Waals surface area contributed by atoms with Crippen LogP contribution in [0.15, 0.2) is 0 Å². The molecule has 0 saturated carbocycles. The van der Waals surface area contributed by atoms with Crippen LogP contribution in [0.5, 0.6) is 0 Å². The Morgan fingerprint density at radius 1 is 1.65 bits per heavy atom. The van der Waals surface area contributed by atoms with Crippen molar-refractivity contribution in [3.8, 4) is 0 Å². The minimum absolute atomic E-state index is 0.294. The fourth-order valence-corrected chi connectivity index (χ4v) is 1.96. The van der Waals surface area contributed by atoms with Gasteiger partial charge in [0, 0.05) is 20.3 Å². The number of methoxy groups -OCH3 is 1. The van der Waals surface area contributed by atoms with Crippen LogP contribution in [-0.2, 0) is 14.3 Å². The monoisotopic (exact) mass is 245 g/mol. The number of nitrogens with one attached hydrogen (secondary N) is 1. The molecule has 1 saturated heterocycles. The van der Waals surface area contributed by atoms with Gasteiger partial charge in [-0.25, -0.2) is 0 Å². The van der Waals surface area contributed by atoms with Crippen molar-refractivity contribution in [2.24, 2.45) is 0 Å². The van der Waals surface area contributed by atoms with Crippen LogP contribution < -0.4 is 5.32 Å². The second-order valence-electron chi connectivity index (χ2n) is 4.73. The zero-order valence-electron chi connectivity index (χ0n) is 10.7. The van der Waals surface area contributed by atoms with E-state index in [4.69, 9.17) is 9.47 Å². The van der Waals surface area contributed by atoms with Crippen LogP contribution in [0.2, 0.25) is 0 Å². The normalized spacial score (nSPS) is 23.5. The van der Waals surface area contributed by atoms with Gasteiger partial charge >= 0.3 is 5.97 Å². The molecule has 0 aliphatic carbocycles. The molecule has 100 valence electrons. The van der Waals surface area contributed by atoms with Crippen molar-refractivity contribution in [3.05, 3.63) is 0 Å². The Kier molecular flexibility index (Phi) is 5.88. The predicted octanol–water partition coefficient (Wildman–Crippen LogP) is 1.02. The zero-order chi connectivity index (χ0) is 12.7. The van der Waals surface area contributed by atoms with Gasteiger partial charge in [0.25, 0.3) is 0 Å². The molecule has 1 aliphatic rings. The van der Waals surface area contributed by atoms with Crippen molar-refractivity contribution in [2.45, 2.75) is 44.2 Å². The summed E-state index contributed by atoms with van der Waals surface area (Å²) in [6.07, 6.45) is 3.83. The van der Waals surface area contributed by atoms with Gasteiger partial charge in [-0.05, 0) is 39.2 Å². The Bertz CT molecular complexity index is 241. The molecule has 0 aromatic rings. The van der Waals surface area contributed by atoms with Gasteiger partial charge in [-0.15, -0.1) is 0 Å². The number of rotatable bonds is 8. The summed E-state index contributed by atoms with van der Waals surface area (Å²) >= 11 is 0. The lowest BCUT2D eigenvalue weighted by Crippen LogP contribution is -2.51. The molecule has 1 rings (SSSR count). The molecule has 2 atom stereocenters. The molecule has 1 aliphatic heterocycles. The molecular formula is C12H23NO4. The molecule has 17 heavy (non-hydrogen) atoms.